The molecule has 13 heteroatoms. The van der Waals surface area contributed by atoms with Crippen LogP contribution in [0.3, 0.4) is 0 Å². The van der Waals surface area contributed by atoms with Gasteiger partial charge in [-0.2, -0.15) is 0 Å². The Hall–Kier alpha value is -2.38. The molecule has 46 heavy (non-hydrogen) atoms. The van der Waals surface area contributed by atoms with Crippen molar-refractivity contribution in [1.29, 1.82) is 0 Å². The largest absolute Gasteiger partial charge is 0.490 e. The highest BCUT2D eigenvalue weighted by atomic mass is 35.5. The van der Waals surface area contributed by atoms with E-state index in [9.17, 15) is 18.3 Å². The van der Waals surface area contributed by atoms with E-state index in [0.29, 0.717) is 42.0 Å². The van der Waals surface area contributed by atoms with Gasteiger partial charge in [0.15, 0.2) is 0 Å². The lowest BCUT2D eigenvalue weighted by atomic mass is 10.0. The van der Waals surface area contributed by atoms with Crippen molar-refractivity contribution in [3.63, 3.8) is 0 Å². The SMILES string of the molecule is C[C@H](CO)N1C[C@H](C)[C@@H](CN(C)Cc2ccc(Cl)c(Cl)c2)OCCCC[C@H](C)Oc2ccc(NS(=O)(=O)c3cccs3)cc2C1=O. The zero-order valence-electron chi connectivity index (χ0n) is 26.6. The lowest BCUT2D eigenvalue weighted by Gasteiger charge is -2.36. The summed E-state index contributed by atoms with van der Waals surface area (Å²) < 4.78 is 41.4. The number of aliphatic hydroxyl groups excluding tert-OH is 1. The van der Waals surface area contributed by atoms with Gasteiger partial charge in [-0.05, 0) is 87.5 Å². The van der Waals surface area contributed by atoms with Crippen molar-refractivity contribution in [2.45, 2.75) is 69.0 Å². The molecule has 1 aliphatic heterocycles. The van der Waals surface area contributed by atoms with Crippen LogP contribution in [0.2, 0.25) is 10.0 Å². The van der Waals surface area contributed by atoms with Gasteiger partial charge in [-0.3, -0.25) is 14.4 Å². The van der Waals surface area contributed by atoms with Crippen LogP contribution in [0.5, 0.6) is 5.75 Å². The lowest BCUT2D eigenvalue weighted by molar-refractivity contribution is -0.0177. The number of rotatable bonds is 9. The van der Waals surface area contributed by atoms with E-state index in [1.165, 1.54) is 12.1 Å². The van der Waals surface area contributed by atoms with E-state index in [1.54, 1.807) is 41.5 Å². The van der Waals surface area contributed by atoms with Crippen LogP contribution in [0.1, 0.15) is 56.0 Å². The molecule has 2 N–H and O–H groups in total. The van der Waals surface area contributed by atoms with Crippen LogP contribution < -0.4 is 9.46 Å². The second-order valence-electron chi connectivity index (χ2n) is 12.0. The monoisotopic (exact) mass is 711 g/mol. The molecular weight excluding hydrogens is 669 g/mol. The quantitative estimate of drug-likeness (QED) is 0.252. The van der Waals surface area contributed by atoms with Crippen LogP contribution in [-0.4, -0.2) is 80.8 Å². The molecule has 9 nitrogen and oxygen atoms in total. The third kappa shape index (κ3) is 9.82. The van der Waals surface area contributed by atoms with Crippen molar-refractivity contribution < 1.29 is 27.8 Å². The number of nitrogens with one attached hydrogen (secondary N) is 1. The molecule has 2 heterocycles. The predicted molar refractivity (Wildman–Crippen MR) is 185 cm³/mol. The first-order valence-corrected chi connectivity index (χ1v) is 18.5. The second kappa shape index (κ2) is 16.6. The average Bonchev–Trinajstić information content (AvgIpc) is 3.57. The fourth-order valence-electron chi connectivity index (χ4n) is 5.39. The van der Waals surface area contributed by atoms with E-state index in [-0.39, 0.29) is 46.1 Å². The van der Waals surface area contributed by atoms with Gasteiger partial charge in [-0.15, -0.1) is 11.3 Å². The van der Waals surface area contributed by atoms with E-state index in [2.05, 4.69) is 9.62 Å². The third-order valence-corrected chi connectivity index (χ3v) is 11.5. The fourth-order valence-corrected chi connectivity index (χ4v) is 7.75. The number of nitrogens with zero attached hydrogens (tertiary/aromatic N) is 2. The predicted octanol–water partition coefficient (Wildman–Crippen LogP) is 6.78. The van der Waals surface area contributed by atoms with Gasteiger partial charge in [0, 0.05) is 37.8 Å². The van der Waals surface area contributed by atoms with Gasteiger partial charge in [-0.1, -0.05) is 42.3 Å². The summed E-state index contributed by atoms with van der Waals surface area (Å²) in [6, 6.07) is 13.0. The minimum Gasteiger partial charge on any atom is -0.490 e. The van der Waals surface area contributed by atoms with Crippen LogP contribution in [0.15, 0.2) is 58.1 Å². The van der Waals surface area contributed by atoms with E-state index < -0.39 is 16.1 Å². The number of fused-ring (bicyclic) bond motifs is 1. The van der Waals surface area contributed by atoms with Crippen molar-refractivity contribution in [2.24, 2.45) is 5.92 Å². The molecule has 4 atom stereocenters. The molecule has 3 aromatic rings. The summed E-state index contributed by atoms with van der Waals surface area (Å²) in [5, 5.41) is 12.9. The number of ether oxygens (including phenoxy) is 2. The number of halogens is 2. The molecule has 1 aromatic heterocycles. The number of carbonyl (C=O) groups excluding carboxylic acids is 1. The topological polar surface area (TPSA) is 108 Å². The van der Waals surface area contributed by atoms with Crippen LogP contribution in [0.25, 0.3) is 0 Å². The van der Waals surface area contributed by atoms with E-state index in [0.717, 1.165) is 36.2 Å². The smallest absolute Gasteiger partial charge is 0.271 e. The van der Waals surface area contributed by atoms with Gasteiger partial charge in [0.2, 0.25) is 0 Å². The number of anilines is 1. The van der Waals surface area contributed by atoms with Crippen molar-refractivity contribution >= 4 is 56.2 Å². The summed E-state index contributed by atoms with van der Waals surface area (Å²) in [5.74, 6) is -0.112. The fraction of sp³-hybridized carbons (Fsp3) is 0.485. The molecule has 0 aliphatic carbocycles. The Morgan fingerprint density at radius 3 is 2.61 bits per heavy atom. The average molecular weight is 713 g/mol. The molecule has 0 saturated carbocycles. The van der Waals surface area contributed by atoms with Crippen LogP contribution >= 0.6 is 34.5 Å². The summed E-state index contributed by atoms with van der Waals surface area (Å²) in [4.78, 5) is 18.1. The number of hydrogen-bond acceptors (Lipinski definition) is 8. The Morgan fingerprint density at radius 1 is 1.13 bits per heavy atom. The van der Waals surface area contributed by atoms with Gasteiger partial charge in [0.1, 0.15) is 9.96 Å². The van der Waals surface area contributed by atoms with E-state index in [4.69, 9.17) is 32.7 Å². The lowest BCUT2D eigenvalue weighted by Crippen LogP contribution is -2.47. The number of hydrogen-bond donors (Lipinski definition) is 2. The zero-order chi connectivity index (χ0) is 33.4. The number of sulfonamides is 1. The first-order valence-electron chi connectivity index (χ1n) is 15.4. The maximum atomic E-state index is 14.3. The molecular formula is C33H43Cl2N3O6S2. The van der Waals surface area contributed by atoms with Gasteiger partial charge in [0.05, 0.1) is 40.5 Å². The number of carbonyl (C=O) groups is 1. The molecule has 2 aromatic carbocycles. The van der Waals surface area contributed by atoms with Gasteiger partial charge < -0.3 is 19.5 Å². The van der Waals surface area contributed by atoms with Crippen molar-refractivity contribution in [1.82, 2.24) is 9.80 Å². The molecule has 0 radical (unpaired) electrons. The highest BCUT2D eigenvalue weighted by molar-refractivity contribution is 7.94. The third-order valence-electron chi connectivity index (χ3n) is 7.99. The maximum Gasteiger partial charge on any atom is 0.271 e. The molecule has 252 valence electrons. The molecule has 0 bridgehead atoms. The molecule has 0 fully saturated rings. The Bertz CT molecular complexity index is 1560. The summed E-state index contributed by atoms with van der Waals surface area (Å²) in [5.41, 5.74) is 1.48. The van der Waals surface area contributed by atoms with E-state index >= 15 is 0 Å². The Kier molecular flexibility index (Phi) is 13.2. The Balaban J connectivity index is 1.62. The molecule has 0 saturated heterocycles. The first kappa shape index (κ1) is 36.5. The highest BCUT2D eigenvalue weighted by Crippen LogP contribution is 2.30. The Morgan fingerprint density at radius 2 is 1.91 bits per heavy atom. The van der Waals surface area contributed by atoms with Crippen molar-refractivity contribution in [3.8, 4) is 5.75 Å². The van der Waals surface area contributed by atoms with Crippen LogP contribution in [-0.2, 0) is 21.3 Å². The second-order valence-corrected chi connectivity index (χ2v) is 15.7. The van der Waals surface area contributed by atoms with Crippen LogP contribution in [0.4, 0.5) is 5.69 Å². The molecule has 0 unspecified atom stereocenters. The van der Waals surface area contributed by atoms with Gasteiger partial charge in [0.25, 0.3) is 15.9 Å². The van der Waals surface area contributed by atoms with E-state index in [1.807, 2.05) is 33.0 Å². The molecule has 0 spiro atoms. The summed E-state index contributed by atoms with van der Waals surface area (Å²) in [6.07, 6.45) is 2.06. The molecule has 1 amide bonds. The highest BCUT2D eigenvalue weighted by Gasteiger charge is 2.31. The number of likely N-dealkylation sites (N-methyl/N-ethyl adjacent to an activating group) is 1. The minimum absolute atomic E-state index is 0.110. The Labute approximate surface area is 286 Å². The standard InChI is InChI=1S/C33H43Cl2N3O6S2/c1-22-18-38(23(2)21-39)33(40)27-17-26(36-46(41,42)32-9-7-15-45-32)11-13-30(27)44-24(3)8-5-6-14-43-31(22)20-37(4)19-25-10-12-28(34)29(35)16-25/h7,9-13,15-17,22-24,31,36,39H,5-6,8,14,18-21H2,1-4H3/t22-,23+,24-,31+/m0/s1. The van der Waals surface area contributed by atoms with Gasteiger partial charge in [-0.25, -0.2) is 8.42 Å². The molecule has 1 aliphatic rings. The summed E-state index contributed by atoms with van der Waals surface area (Å²) in [7, 11) is -1.82. The number of amides is 1. The minimum atomic E-state index is -3.84. The number of benzene rings is 2. The molecule has 4 rings (SSSR count). The normalized spacial score (nSPS) is 20.9. The van der Waals surface area contributed by atoms with Crippen molar-refractivity contribution in [2.75, 3.05) is 38.1 Å². The first-order chi connectivity index (χ1) is 21.9. The number of thiophene rings is 1. The van der Waals surface area contributed by atoms with Crippen LogP contribution in [0, 0.1) is 5.92 Å². The summed E-state index contributed by atoms with van der Waals surface area (Å²) >= 11 is 13.5. The van der Waals surface area contributed by atoms with Gasteiger partial charge >= 0.3 is 0 Å². The zero-order valence-corrected chi connectivity index (χ0v) is 29.8. The summed E-state index contributed by atoms with van der Waals surface area (Å²) in [6.45, 7) is 7.62. The maximum absolute atomic E-state index is 14.3. The number of aliphatic hydroxyl groups is 1. The van der Waals surface area contributed by atoms with Crippen molar-refractivity contribution in [3.05, 3.63) is 75.1 Å².